The highest BCUT2D eigenvalue weighted by molar-refractivity contribution is 6.00. The second-order valence-electron chi connectivity index (χ2n) is 5.74. The Morgan fingerprint density at radius 2 is 1.83 bits per heavy atom. The summed E-state index contributed by atoms with van der Waals surface area (Å²) in [7, 11) is 0. The summed E-state index contributed by atoms with van der Waals surface area (Å²) in [5.41, 5.74) is 2.93. The highest BCUT2D eigenvalue weighted by Gasteiger charge is 2.25. The molecule has 3 aromatic rings. The molecule has 114 valence electrons. The second-order valence-corrected chi connectivity index (χ2v) is 5.74. The quantitative estimate of drug-likeness (QED) is 0.761. The van der Waals surface area contributed by atoms with Crippen LogP contribution in [0.5, 0.6) is 5.75 Å². The zero-order valence-electron chi connectivity index (χ0n) is 12.4. The third-order valence-corrected chi connectivity index (χ3v) is 4.22. The third-order valence-electron chi connectivity index (χ3n) is 4.22. The predicted octanol–water partition coefficient (Wildman–Crippen LogP) is 2.23. The van der Waals surface area contributed by atoms with Gasteiger partial charge in [0, 0.05) is 23.8 Å². The minimum absolute atomic E-state index is 0.0205. The summed E-state index contributed by atoms with van der Waals surface area (Å²) in [5, 5.41) is 13.9. The Hall–Kier alpha value is -2.95. The Bertz CT molecular complexity index is 883. The fourth-order valence-corrected chi connectivity index (χ4v) is 3.11. The monoisotopic (exact) mass is 305 g/mol. The van der Waals surface area contributed by atoms with Gasteiger partial charge in [-0.2, -0.15) is 0 Å². The fraction of sp³-hybridized carbons (Fsp3) is 0.167. The van der Waals surface area contributed by atoms with Gasteiger partial charge in [-0.05, 0) is 36.1 Å². The first-order chi connectivity index (χ1) is 11.2. The third kappa shape index (κ3) is 2.40. The molecule has 0 bridgehead atoms. The Labute approximate surface area is 133 Å². The highest BCUT2D eigenvalue weighted by atomic mass is 16.3. The lowest BCUT2D eigenvalue weighted by molar-refractivity contribution is 0.0931. The SMILES string of the molecule is O=C(NC1Cc2ccccc2C1)c1ncc2cccnc2c1O. The van der Waals surface area contributed by atoms with Gasteiger partial charge < -0.3 is 10.4 Å². The molecule has 0 fully saturated rings. The van der Waals surface area contributed by atoms with E-state index in [9.17, 15) is 9.90 Å². The van der Waals surface area contributed by atoms with Crippen LogP contribution in [-0.2, 0) is 12.8 Å². The van der Waals surface area contributed by atoms with Crippen molar-refractivity contribution in [2.45, 2.75) is 18.9 Å². The summed E-state index contributed by atoms with van der Waals surface area (Å²) >= 11 is 0. The van der Waals surface area contributed by atoms with E-state index in [1.165, 1.54) is 11.1 Å². The lowest BCUT2D eigenvalue weighted by Crippen LogP contribution is -2.35. The van der Waals surface area contributed by atoms with Gasteiger partial charge in [-0.3, -0.25) is 9.78 Å². The molecular formula is C18H15N3O2. The van der Waals surface area contributed by atoms with Gasteiger partial charge >= 0.3 is 0 Å². The summed E-state index contributed by atoms with van der Waals surface area (Å²) in [6.07, 6.45) is 4.74. The number of nitrogens with zero attached hydrogens (tertiary/aromatic N) is 2. The number of aromatic nitrogens is 2. The van der Waals surface area contributed by atoms with E-state index < -0.39 is 0 Å². The zero-order valence-corrected chi connectivity index (χ0v) is 12.4. The molecule has 0 radical (unpaired) electrons. The Kier molecular flexibility index (Phi) is 3.19. The van der Waals surface area contributed by atoms with Crippen molar-refractivity contribution in [2.24, 2.45) is 0 Å². The van der Waals surface area contributed by atoms with Crippen molar-refractivity contribution >= 4 is 16.8 Å². The largest absolute Gasteiger partial charge is 0.504 e. The van der Waals surface area contributed by atoms with Crippen molar-refractivity contribution in [1.82, 2.24) is 15.3 Å². The van der Waals surface area contributed by atoms with Crippen LogP contribution in [0.3, 0.4) is 0 Å². The molecule has 23 heavy (non-hydrogen) atoms. The predicted molar refractivity (Wildman–Crippen MR) is 86.3 cm³/mol. The van der Waals surface area contributed by atoms with Crippen LogP contribution >= 0.6 is 0 Å². The van der Waals surface area contributed by atoms with E-state index in [0.29, 0.717) is 10.9 Å². The van der Waals surface area contributed by atoms with E-state index in [4.69, 9.17) is 0 Å². The molecule has 1 aliphatic carbocycles. The number of carbonyl (C=O) groups excluding carboxylic acids is 1. The van der Waals surface area contributed by atoms with Crippen molar-refractivity contribution in [3.63, 3.8) is 0 Å². The van der Waals surface area contributed by atoms with Crippen LogP contribution in [0.2, 0.25) is 0 Å². The van der Waals surface area contributed by atoms with Crippen LogP contribution in [0.1, 0.15) is 21.6 Å². The topological polar surface area (TPSA) is 75.1 Å². The maximum Gasteiger partial charge on any atom is 0.274 e. The van der Waals surface area contributed by atoms with Crippen LogP contribution in [0.4, 0.5) is 0 Å². The van der Waals surface area contributed by atoms with E-state index in [1.807, 2.05) is 12.1 Å². The van der Waals surface area contributed by atoms with Gasteiger partial charge in [-0.15, -0.1) is 0 Å². The molecule has 2 heterocycles. The number of benzene rings is 1. The van der Waals surface area contributed by atoms with Crippen LogP contribution < -0.4 is 5.32 Å². The van der Waals surface area contributed by atoms with Crippen molar-refractivity contribution in [1.29, 1.82) is 0 Å². The second kappa shape index (κ2) is 5.35. The molecule has 1 amide bonds. The highest BCUT2D eigenvalue weighted by Crippen LogP contribution is 2.26. The first-order valence-electron chi connectivity index (χ1n) is 7.52. The lowest BCUT2D eigenvalue weighted by atomic mass is 10.1. The average Bonchev–Trinajstić information content (AvgIpc) is 2.97. The molecule has 2 aromatic heterocycles. The smallest absolute Gasteiger partial charge is 0.274 e. The molecule has 2 N–H and O–H groups in total. The number of pyridine rings is 2. The number of rotatable bonds is 2. The van der Waals surface area contributed by atoms with Crippen LogP contribution in [-0.4, -0.2) is 27.0 Å². The van der Waals surface area contributed by atoms with Crippen molar-refractivity contribution in [2.75, 3.05) is 0 Å². The Balaban J connectivity index is 1.58. The molecule has 0 saturated carbocycles. The first kappa shape index (κ1) is 13.7. The summed E-state index contributed by atoms with van der Waals surface area (Å²) in [5.74, 6) is -0.538. The maximum absolute atomic E-state index is 12.5. The van der Waals surface area contributed by atoms with E-state index >= 15 is 0 Å². The summed E-state index contributed by atoms with van der Waals surface area (Å²) in [6.45, 7) is 0. The van der Waals surface area contributed by atoms with Crippen LogP contribution in [0.25, 0.3) is 10.9 Å². The number of aromatic hydroxyl groups is 1. The van der Waals surface area contributed by atoms with Crippen LogP contribution in [0.15, 0.2) is 48.8 Å². The summed E-state index contributed by atoms with van der Waals surface area (Å²) < 4.78 is 0. The summed E-state index contributed by atoms with van der Waals surface area (Å²) in [4.78, 5) is 20.7. The molecule has 1 aliphatic rings. The van der Waals surface area contributed by atoms with E-state index in [0.717, 1.165) is 12.8 Å². The van der Waals surface area contributed by atoms with Gasteiger partial charge in [0.05, 0.1) is 0 Å². The first-order valence-corrected chi connectivity index (χ1v) is 7.52. The van der Waals surface area contributed by atoms with Gasteiger partial charge in [-0.1, -0.05) is 24.3 Å². The van der Waals surface area contributed by atoms with E-state index in [-0.39, 0.29) is 23.4 Å². The Morgan fingerprint density at radius 3 is 2.57 bits per heavy atom. The summed E-state index contributed by atoms with van der Waals surface area (Å²) in [6, 6.07) is 11.8. The minimum Gasteiger partial charge on any atom is -0.504 e. The number of carbonyl (C=O) groups is 1. The zero-order chi connectivity index (χ0) is 15.8. The van der Waals surface area contributed by atoms with Gasteiger partial charge in [0.2, 0.25) is 0 Å². The fourth-order valence-electron chi connectivity index (χ4n) is 3.11. The van der Waals surface area contributed by atoms with Crippen molar-refractivity contribution < 1.29 is 9.90 Å². The van der Waals surface area contributed by atoms with Gasteiger partial charge in [0.1, 0.15) is 5.52 Å². The van der Waals surface area contributed by atoms with Gasteiger partial charge in [0.15, 0.2) is 11.4 Å². The molecular weight excluding hydrogens is 290 g/mol. The van der Waals surface area contributed by atoms with Crippen LogP contribution in [0, 0.1) is 0 Å². The van der Waals surface area contributed by atoms with E-state index in [2.05, 4.69) is 27.4 Å². The van der Waals surface area contributed by atoms with E-state index in [1.54, 1.807) is 24.5 Å². The molecule has 5 nitrogen and oxygen atoms in total. The lowest BCUT2D eigenvalue weighted by Gasteiger charge is -2.12. The maximum atomic E-state index is 12.5. The molecule has 4 rings (SSSR count). The molecule has 0 atom stereocenters. The van der Waals surface area contributed by atoms with Crippen molar-refractivity contribution in [3.8, 4) is 5.75 Å². The number of fused-ring (bicyclic) bond motifs is 2. The molecule has 0 spiro atoms. The molecule has 5 heteroatoms. The molecule has 1 aromatic carbocycles. The molecule has 0 aliphatic heterocycles. The van der Waals surface area contributed by atoms with Crippen molar-refractivity contribution in [3.05, 3.63) is 65.6 Å². The molecule has 0 unspecified atom stereocenters. The average molecular weight is 305 g/mol. The molecule has 0 saturated heterocycles. The number of amides is 1. The number of hydrogen-bond donors (Lipinski definition) is 2. The number of nitrogens with one attached hydrogen (secondary N) is 1. The van der Waals surface area contributed by atoms with Gasteiger partial charge in [0.25, 0.3) is 5.91 Å². The van der Waals surface area contributed by atoms with Gasteiger partial charge in [-0.25, -0.2) is 4.98 Å². The standard InChI is InChI=1S/C18H15N3O2/c22-17-15-13(6-3-7-19-15)10-20-16(17)18(23)21-14-8-11-4-1-2-5-12(11)9-14/h1-7,10,14,22H,8-9H2,(H,21,23). The number of hydrogen-bond acceptors (Lipinski definition) is 4. The minimum atomic E-state index is -0.368. The Morgan fingerprint density at radius 1 is 1.09 bits per heavy atom. The normalized spacial score (nSPS) is 13.9.